The van der Waals surface area contributed by atoms with Gasteiger partial charge in [0.15, 0.2) is 0 Å². The zero-order valence-electron chi connectivity index (χ0n) is 14.9. The van der Waals surface area contributed by atoms with Gasteiger partial charge in [0.25, 0.3) is 0 Å². The lowest BCUT2D eigenvalue weighted by molar-refractivity contribution is -0.138. The summed E-state index contributed by atoms with van der Waals surface area (Å²) in [5, 5.41) is 2.89. The Morgan fingerprint density at radius 3 is 2.88 bits per heavy atom. The minimum atomic E-state index is -0.168. The first kappa shape index (κ1) is 18.0. The molecule has 0 saturated carbocycles. The van der Waals surface area contributed by atoms with E-state index in [1.165, 1.54) is 0 Å². The summed E-state index contributed by atoms with van der Waals surface area (Å²) in [5.74, 6) is 1.47. The van der Waals surface area contributed by atoms with Gasteiger partial charge in [-0.25, -0.2) is 4.98 Å². The van der Waals surface area contributed by atoms with E-state index in [0.717, 1.165) is 23.6 Å². The van der Waals surface area contributed by atoms with E-state index in [4.69, 9.17) is 4.74 Å². The molecular weight excluding hydrogens is 332 g/mol. The molecule has 1 aromatic carbocycles. The van der Waals surface area contributed by atoms with Crippen LogP contribution in [0.4, 0.5) is 0 Å². The molecule has 1 saturated heterocycles. The molecule has 1 aromatic heterocycles. The number of ether oxygens (including phenoxy) is 1. The normalized spacial score (nSPS) is 17.2. The van der Waals surface area contributed by atoms with Gasteiger partial charge in [-0.1, -0.05) is 12.1 Å². The Kier molecular flexibility index (Phi) is 5.88. The number of hydrogen-bond donors (Lipinski definition) is 2. The van der Waals surface area contributed by atoms with Gasteiger partial charge < -0.3 is 19.9 Å². The van der Waals surface area contributed by atoms with Gasteiger partial charge in [0.2, 0.25) is 11.8 Å². The number of nitrogens with zero attached hydrogens (tertiary/aromatic N) is 2. The van der Waals surface area contributed by atoms with Crippen molar-refractivity contribution >= 4 is 11.8 Å². The number of likely N-dealkylation sites (tertiary alicyclic amines) is 1. The average Bonchev–Trinajstić information content (AvgIpc) is 3.19. The van der Waals surface area contributed by atoms with Crippen molar-refractivity contribution in [3.05, 3.63) is 48.0 Å². The molecule has 1 aliphatic rings. The van der Waals surface area contributed by atoms with Gasteiger partial charge in [-0.3, -0.25) is 9.59 Å². The molecule has 1 fully saturated rings. The van der Waals surface area contributed by atoms with Gasteiger partial charge in [0.1, 0.15) is 11.6 Å². The molecule has 1 unspecified atom stereocenters. The Balaban J connectivity index is 1.50. The summed E-state index contributed by atoms with van der Waals surface area (Å²) in [6.45, 7) is 1.47. The number of nitrogens with one attached hydrogen (secondary N) is 2. The van der Waals surface area contributed by atoms with Crippen LogP contribution in [0.25, 0.3) is 0 Å². The molecule has 26 heavy (non-hydrogen) atoms. The number of carbonyl (C=O) groups excluding carboxylic acids is 2. The van der Waals surface area contributed by atoms with Gasteiger partial charge in [0, 0.05) is 31.9 Å². The fraction of sp³-hybridized carbons (Fsp3) is 0.421. The third-order valence-corrected chi connectivity index (χ3v) is 4.69. The highest BCUT2D eigenvalue weighted by atomic mass is 16.5. The topological polar surface area (TPSA) is 87.3 Å². The molecule has 1 atom stereocenters. The van der Waals surface area contributed by atoms with Crippen molar-refractivity contribution in [2.24, 2.45) is 5.92 Å². The minimum absolute atomic E-state index is 0.0247. The van der Waals surface area contributed by atoms with E-state index >= 15 is 0 Å². The number of piperidine rings is 1. The van der Waals surface area contributed by atoms with E-state index < -0.39 is 0 Å². The van der Waals surface area contributed by atoms with Crippen LogP contribution < -0.4 is 10.1 Å². The van der Waals surface area contributed by atoms with Gasteiger partial charge in [0.05, 0.1) is 19.6 Å². The van der Waals surface area contributed by atoms with Gasteiger partial charge in [-0.2, -0.15) is 0 Å². The molecule has 7 heteroatoms. The third kappa shape index (κ3) is 4.62. The van der Waals surface area contributed by atoms with E-state index in [-0.39, 0.29) is 17.7 Å². The van der Waals surface area contributed by atoms with Crippen LogP contribution in [0.2, 0.25) is 0 Å². The smallest absolute Gasteiger partial charge is 0.225 e. The Morgan fingerprint density at radius 1 is 1.38 bits per heavy atom. The molecule has 1 aliphatic heterocycles. The fourth-order valence-electron chi connectivity index (χ4n) is 3.11. The molecular formula is C19H24N4O3. The predicted octanol–water partition coefficient (Wildman–Crippen LogP) is 1.52. The van der Waals surface area contributed by atoms with Crippen LogP contribution in [0.1, 0.15) is 24.2 Å². The number of hydrogen-bond acceptors (Lipinski definition) is 4. The summed E-state index contributed by atoms with van der Waals surface area (Å²) >= 11 is 0. The molecule has 0 spiro atoms. The summed E-state index contributed by atoms with van der Waals surface area (Å²) in [7, 11) is 1.64. The second kappa shape index (κ2) is 8.51. The Morgan fingerprint density at radius 2 is 2.19 bits per heavy atom. The number of carbonyl (C=O) groups is 2. The number of imidazole rings is 1. The van der Waals surface area contributed by atoms with Crippen LogP contribution in [0, 0.1) is 5.92 Å². The van der Waals surface area contributed by atoms with Crippen molar-refractivity contribution in [1.82, 2.24) is 20.2 Å². The highest BCUT2D eigenvalue weighted by Crippen LogP contribution is 2.19. The van der Waals surface area contributed by atoms with E-state index in [2.05, 4.69) is 15.3 Å². The third-order valence-electron chi connectivity index (χ3n) is 4.69. The highest BCUT2D eigenvalue weighted by molar-refractivity contribution is 5.83. The number of rotatable bonds is 7. The van der Waals surface area contributed by atoms with Crippen molar-refractivity contribution in [2.45, 2.75) is 25.8 Å². The van der Waals surface area contributed by atoms with Crippen LogP contribution in [-0.4, -0.2) is 46.9 Å². The lowest BCUT2D eigenvalue weighted by atomic mass is 9.96. The second-order valence-electron chi connectivity index (χ2n) is 6.43. The Hall–Kier alpha value is -2.83. The highest BCUT2D eigenvalue weighted by Gasteiger charge is 2.29. The first-order chi connectivity index (χ1) is 12.7. The average molecular weight is 356 g/mol. The number of H-pyrrole nitrogens is 1. The molecule has 2 heterocycles. The van der Waals surface area contributed by atoms with Crippen LogP contribution >= 0.6 is 0 Å². The number of benzene rings is 1. The zero-order chi connectivity index (χ0) is 18.4. The second-order valence-corrected chi connectivity index (χ2v) is 6.43. The maximum absolute atomic E-state index is 12.4. The van der Waals surface area contributed by atoms with Gasteiger partial charge in [-0.05, 0) is 30.5 Å². The quantitative estimate of drug-likeness (QED) is 0.787. The van der Waals surface area contributed by atoms with Crippen LogP contribution in [0.3, 0.4) is 0 Å². The van der Waals surface area contributed by atoms with Crippen molar-refractivity contribution < 1.29 is 14.3 Å². The molecule has 0 bridgehead atoms. The number of aromatic amines is 1. The SMILES string of the molecule is COc1ccc(CCN2CC(C(=O)NCc3ncc[nH]3)CCC2=O)cc1. The Bertz CT molecular complexity index is 728. The molecule has 138 valence electrons. The maximum atomic E-state index is 12.4. The molecule has 3 rings (SSSR count). The summed E-state index contributed by atoms with van der Waals surface area (Å²) in [5.41, 5.74) is 1.14. The van der Waals surface area contributed by atoms with Crippen LogP contribution in [-0.2, 0) is 22.6 Å². The molecule has 2 N–H and O–H groups in total. The monoisotopic (exact) mass is 356 g/mol. The van der Waals surface area contributed by atoms with E-state index in [1.807, 2.05) is 24.3 Å². The first-order valence-electron chi connectivity index (χ1n) is 8.82. The van der Waals surface area contributed by atoms with Crippen LogP contribution in [0.5, 0.6) is 5.75 Å². The number of amides is 2. The summed E-state index contributed by atoms with van der Waals surface area (Å²) < 4.78 is 5.16. The minimum Gasteiger partial charge on any atom is -0.497 e. The maximum Gasteiger partial charge on any atom is 0.225 e. The van der Waals surface area contributed by atoms with Gasteiger partial charge >= 0.3 is 0 Å². The van der Waals surface area contributed by atoms with E-state index in [0.29, 0.717) is 32.5 Å². The number of aromatic nitrogens is 2. The molecule has 0 radical (unpaired) electrons. The summed E-state index contributed by atoms with van der Waals surface area (Å²) in [6, 6.07) is 7.83. The largest absolute Gasteiger partial charge is 0.497 e. The van der Waals surface area contributed by atoms with Crippen molar-refractivity contribution in [3.8, 4) is 5.75 Å². The summed E-state index contributed by atoms with van der Waals surface area (Å²) in [4.78, 5) is 33.4. The zero-order valence-corrected chi connectivity index (χ0v) is 14.9. The summed E-state index contributed by atoms with van der Waals surface area (Å²) in [6.07, 6.45) is 5.16. The molecule has 2 amide bonds. The lowest BCUT2D eigenvalue weighted by Gasteiger charge is -2.32. The van der Waals surface area contributed by atoms with Gasteiger partial charge in [-0.15, -0.1) is 0 Å². The molecule has 7 nitrogen and oxygen atoms in total. The van der Waals surface area contributed by atoms with E-state index in [9.17, 15) is 9.59 Å². The molecule has 2 aromatic rings. The fourth-order valence-corrected chi connectivity index (χ4v) is 3.11. The Labute approximate surface area is 152 Å². The van der Waals surface area contributed by atoms with Crippen molar-refractivity contribution in [1.29, 1.82) is 0 Å². The predicted molar refractivity (Wildman–Crippen MR) is 96.4 cm³/mol. The van der Waals surface area contributed by atoms with Crippen LogP contribution in [0.15, 0.2) is 36.7 Å². The first-order valence-corrected chi connectivity index (χ1v) is 8.82. The van der Waals surface area contributed by atoms with Crippen molar-refractivity contribution in [2.75, 3.05) is 20.2 Å². The molecule has 0 aliphatic carbocycles. The van der Waals surface area contributed by atoms with E-state index in [1.54, 1.807) is 24.4 Å². The standard InChI is InChI=1S/C19H24N4O3/c1-26-16-5-2-14(3-6-16)8-11-23-13-15(4-7-18(23)24)19(25)22-12-17-20-9-10-21-17/h2-3,5-6,9-10,15H,4,7-8,11-13H2,1H3,(H,20,21)(H,22,25). The number of methoxy groups -OCH3 is 1. The van der Waals surface area contributed by atoms with Crippen molar-refractivity contribution in [3.63, 3.8) is 0 Å². The lowest BCUT2D eigenvalue weighted by Crippen LogP contribution is -2.46.